The second-order valence-electron chi connectivity index (χ2n) is 9.60. The molecule has 164 valence electrons. The molecule has 0 unspecified atom stereocenters. The molecule has 31 heavy (non-hydrogen) atoms. The Balaban J connectivity index is 1.35. The van der Waals surface area contributed by atoms with Gasteiger partial charge in [0.25, 0.3) is 0 Å². The summed E-state index contributed by atoms with van der Waals surface area (Å²) in [6, 6.07) is 10.3. The minimum Gasteiger partial charge on any atom is -0.342 e. The van der Waals surface area contributed by atoms with Gasteiger partial charge in [-0.2, -0.15) is 0 Å². The third-order valence-corrected chi connectivity index (χ3v) is 7.98. The first-order valence-electron chi connectivity index (χ1n) is 11.7. The molecule has 3 aliphatic heterocycles. The van der Waals surface area contributed by atoms with E-state index < -0.39 is 0 Å². The molecule has 5 heterocycles. The minimum atomic E-state index is -0.220. The number of carbonyl (C=O) groups is 1. The molecule has 0 aromatic carbocycles. The lowest BCUT2D eigenvalue weighted by molar-refractivity contribution is -0.142. The van der Waals surface area contributed by atoms with Gasteiger partial charge >= 0.3 is 0 Å². The minimum absolute atomic E-state index is 0.0802. The largest absolute Gasteiger partial charge is 0.342 e. The van der Waals surface area contributed by atoms with E-state index in [0.717, 1.165) is 77.3 Å². The van der Waals surface area contributed by atoms with Gasteiger partial charge in [-0.25, -0.2) is 0 Å². The monoisotopic (exact) mass is 419 g/mol. The second kappa shape index (κ2) is 8.32. The zero-order valence-electron chi connectivity index (χ0n) is 18.5. The Morgan fingerprint density at radius 1 is 0.935 bits per heavy atom. The molecule has 3 fully saturated rings. The van der Waals surface area contributed by atoms with Crippen LogP contribution in [0.2, 0.25) is 0 Å². The lowest BCUT2D eigenvalue weighted by Gasteiger charge is -2.47. The van der Waals surface area contributed by atoms with Crippen LogP contribution in [0.3, 0.4) is 0 Å². The summed E-state index contributed by atoms with van der Waals surface area (Å²) in [6.07, 6.45) is 8.84. The number of fused-ring (bicyclic) bond motifs is 1. The molecule has 1 amide bonds. The molecular weight excluding hydrogens is 386 g/mol. The molecule has 3 aliphatic rings. The summed E-state index contributed by atoms with van der Waals surface area (Å²) in [5, 5.41) is 0. The highest BCUT2D eigenvalue weighted by molar-refractivity contribution is 5.86. The highest BCUT2D eigenvalue weighted by atomic mass is 16.2. The quantitative estimate of drug-likeness (QED) is 0.746. The van der Waals surface area contributed by atoms with E-state index in [0.29, 0.717) is 5.91 Å². The van der Waals surface area contributed by atoms with Gasteiger partial charge in [0.2, 0.25) is 5.91 Å². The van der Waals surface area contributed by atoms with E-state index in [1.54, 1.807) is 0 Å². The van der Waals surface area contributed by atoms with Crippen molar-refractivity contribution in [3.05, 3.63) is 60.2 Å². The van der Waals surface area contributed by atoms with E-state index in [1.807, 2.05) is 30.7 Å². The van der Waals surface area contributed by atoms with Gasteiger partial charge < -0.3 is 4.90 Å². The summed E-state index contributed by atoms with van der Waals surface area (Å²) < 4.78 is 0. The lowest BCUT2D eigenvalue weighted by Crippen LogP contribution is -2.52. The van der Waals surface area contributed by atoms with Gasteiger partial charge in [0.15, 0.2) is 0 Å². The summed E-state index contributed by atoms with van der Waals surface area (Å²) >= 11 is 0. The first-order chi connectivity index (χ1) is 15.1. The summed E-state index contributed by atoms with van der Waals surface area (Å²) in [7, 11) is 0. The van der Waals surface area contributed by atoms with Gasteiger partial charge in [0, 0.05) is 63.3 Å². The van der Waals surface area contributed by atoms with E-state index in [4.69, 9.17) is 0 Å². The van der Waals surface area contributed by atoms with E-state index in [-0.39, 0.29) is 10.8 Å². The zero-order valence-corrected chi connectivity index (χ0v) is 18.5. The number of nitrogens with zero attached hydrogens (tertiary/aromatic N) is 5. The first-order valence-corrected chi connectivity index (χ1v) is 11.7. The molecule has 6 heteroatoms. The number of hydrogen-bond acceptors (Lipinski definition) is 5. The summed E-state index contributed by atoms with van der Waals surface area (Å²) in [5.74, 6) is 0.405. The number of piperidine rings is 1. The number of rotatable bonds is 5. The maximum Gasteiger partial charge on any atom is 0.230 e. The SMILES string of the molecule is CCN1CC[C@]2(CN(Cc3cccnc3)CC23CCN(Cc2ccccn2)CC3)C1=O. The Hall–Kier alpha value is -2.31. The number of aromatic nitrogens is 2. The molecular formula is C25H33N5O. The van der Waals surface area contributed by atoms with Crippen LogP contribution < -0.4 is 0 Å². The molecule has 0 bridgehead atoms. The van der Waals surface area contributed by atoms with Gasteiger partial charge in [-0.15, -0.1) is 0 Å². The van der Waals surface area contributed by atoms with E-state index in [1.165, 1.54) is 5.56 Å². The van der Waals surface area contributed by atoms with E-state index in [9.17, 15) is 4.79 Å². The Morgan fingerprint density at radius 3 is 2.48 bits per heavy atom. The average Bonchev–Trinajstić information content (AvgIpc) is 3.28. The van der Waals surface area contributed by atoms with Gasteiger partial charge in [-0.1, -0.05) is 12.1 Å². The van der Waals surface area contributed by atoms with E-state index in [2.05, 4.69) is 49.8 Å². The maximum absolute atomic E-state index is 13.7. The Labute approximate surface area is 185 Å². The van der Waals surface area contributed by atoms with E-state index >= 15 is 0 Å². The third-order valence-electron chi connectivity index (χ3n) is 7.98. The van der Waals surface area contributed by atoms with Crippen LogP contribution in [0.1, 0.15) is 37.4 Å². The van der Waals surface area contributed by atoms with Crippen molar-refractivity contribution in [1.29, 1.82) is 0 Å². The second-order valence-corrected chi connectivity index (χ2v) is 9.60. The average molecular weight is 420 g/mol. The van der Waals surface area contributed by atoms with Crippen molar-refractivity contribution in [3.63, 3.8) is 0 Å². The molecule has 1 atom stereocenters. The number of amides is 1. The molecule has 0 radical (unpaired) electrons. The molecule has 0 saturated carbocycles. The van der Waals surface area contributed by atoms with Crippen LogP contribution in [-0.2, 0) is 17.9 Å². The number of pyridine rings is 2. The Morgan fingerprint density at radius 2 is 1.81 bits per heavy atom. The van der Waals surface area contributed by atoms with Crippen molar-refractivity contribution < 1.29 is 4.79 Å². The Kier molecular flexibility index (Phi) is 5.52. The summed E-state index contributed by atoms with van der Waals surface area (Å²) in [5.41, 5.74) is 2.23. The van der Waals surface area contributed by atoms with Crippen LogP contribution in [0.4, 0.5) is 0 Å². The predicted octanol–water partition coefficient (Wildman–Crippen LogP) is 2.81. The standard InChI is InChI=1S/C25H33N5O/c1-2-30-15-10-25(23(30)31)20-29(17-21-6-5-11-26-16-21)19-24(25)8-13-28(14-9-24)18-22-7-3-4-12-27-22/h3-7,11-12,16H,2,8-10,13-15,17-20H2,1H3/t25-/m0/s1. The van der Waals surface area contributed by atoms with Gasteiger partial charge in [0.1, 0.15) is 0 Å². The van der Waals surface area contributed by atoms with Crippen molar-refractivity contribution in [2.24, 2.45) is 10.8 Å². The fourth-order valence-corrected chi connectivity index (χ4v) is 6.32. The van der Waals surface area contributed by atoms with Gasteiger partial charge in [-0.05, 0) is 63.0 Å². The maximum atomic E-state index is 13.7. The van der Waals surface area contributed by atoms with Gasteiger partial charge in [0.05, 0.1) is 11.1 Å². The fourth-order valence-electron chi connectivity index (χ4n) is 6.32. The molecule has 3 saturated heterocycles. The molecule has 0 N–H and O–H groups in total. The van der Waals surface area contributed by atoms with Crippen molar-refractivity contribution in [2.75, 3.05) is 39.3 Å². The van der Waals surface area contributed by atoms with Crippen molar-refractivity contribution in [3.8, 4) is 0 Å². The molecule has 5 rings (SSSR count). The predicted molar refractivity (Wildman–Crippen MR) is 120 cm³/mol. The van der Waals surface area contributed by atoms with Crippen LogP contribution in [0.25, 0.3) is 0 Å². The van der Waals surface area contributed by atoms with Crippen LogP contribution in [0, 0.1) is 10.8 Å². The molecule has 2 spiro atoms. The van der Waals surface area contributed by atoms with Crippen molar-refractivity contribution in [1.82, 2.24) is 24.7 Å². The normalized spacial score (nSPS) is 26.4. The highest BCUT2D eigenvalue weighted by Gasteiger charge is 2.64. The smallest absolute Gasteiger partial charge is 0.230 e. The fraction of sp³-hybridized carbons (Fsp3) is 0.560. The number of hydrogen-bond donors (Lipinski definition) is 0. The van der Waals surface area contributed by atoms with Crippen LogP contribution >= 0.6 is 0 Å². The van der Waals surface area contributed by atoms with Crippen LogP contribution in [0.5, 0.6) is 0 Å². The molecule has 2 aromatic heterocycles. The third kappa shape index (κ3) is 3.66. The lowest BCUT2D eigenvalue weighted by atomic mass is 9.60. The van der Waals surface area contributed by atoms with Crippen LogP contribution in [0.15, 0.2) is 48.9 Å². The van der Waals surface area contributed by atoms with Crippen LogP contribution in [-0.4, -0.2) is 69.8 Å². The highest BCUT2D eigenvalue weighted by Crippen LogP contribution is 2.58. The topological polar surface area (TPSA) is 52.6 Å². The molecule has 0 aliphatic carbocycles. The van der Waals surface area contributed by atoms with Gasteiger partial charge in [-0.3, -0.25) is 24.6 Å². The number of carbonyl (C=O) groups excluding carboxylic acids is 1. The first kappa shape index (κ1) is 20.6. The molecule has 2 aromatic rings. The van der Waals surface area contributed by atoms with Crippen molar-refractivity contribution in [2.45, 2.75) is 39.3 Å². The zero-order chi connectivity index (χ0) is 21.3. The number of likely N-dealkylation sites (tertiary alicyclic amines) is 3. The Bertz CT molecular complexity index is 897. The summed E-state index contributed by atoms with van der Waals surface area (Å²) in [6.45, 7) is 9.62. The summed E-state index contributed by atoms with van der Waals surface area (Å²) in [4.78, 5) is 29.6. The molecule has 6 nitrogen and oxygen atoms in total. The van der Waals surface area contributed by atoms with Crippen molar-refractivity contribution >= 4 is 5.91 Å².